The van der Waals surface area contributed by atoms with Crippen molar-refractivity contribution >= 4 is 17.7 Å². The summed E-state index contributed by atoms with van der Waals surface area (Å²) in [5, 5.41) is 0. The minimum atomic E-state index is -0.403. The van der Waals surface area contributed by atoms with Crippen LogP contribution in [0, 0.1) is 0 Å². The number of carbonyl (C=O) groups excluding carboxylic acids is 2. The monoisotopic (exact) mass is 520 g/mol. The quantitative estimate of drug-likeness (QED) is 0.401. The fraction of sp³-hybridized carbons (Fsp3) is 0.310. The number of urea groups is 1. The number of rotatable bonds is 8. The van der Waals surface area contributed by atoms with Crippen molar-refractivity contribution in [2.24, 2.45) is 0 Å². The van der Waals surface area contributed by atoms with Crippen LogP contribution in [0.25, 0.3) is 11.1 Å². The highest BCUT2D eigenvalue weighted by molar-refractivity contribution is 5.93. The second-order valence-corrected chi connectivity index (χ2v) is 8.62. The van der Waals surface area contributed by atoms with Crippen LogP contribution in [0.5, 0.6) is 17.2 Å². The Morgan fingerprint density at radius 3 is 1.95 bits per heavy atom. The lowest BCUT2D eigenvalue weighted by Crippen LogP contribution is -2.48. The molecule has 200 valence electrons. The standard InChI is InChI=1S/C29H32N2O7/c1-34-25-17-23(18-26(35-2)27(25)36-3)21-9-11-24(12-10-21)31(29(33)30-13-15-38-16-14-30)19-20-5-7-22(8-6-20)28(32)37-4/h5-12,17-18H,13-16,19H2,1-4H3. The van der Waals surface area contributed by atoms with Crippen LogP contribution in [0.2, 0.25) is 0 Å². The molecule has 1 aliphatic rings. The first-order valence-electron chi connectivity index (χ1n) is 12.2. The Hall–Kier alpha value is -4.24. The van der Waals surface area contributed by atoms with Crippen LogP contribution in [0.3, 0.4) is 0 Å². The third kappa shape index (κ3) is 5.84. The Kier molecular flexibility index (Phi) is 8.70. The number of ether oxygens (including phenoxy) is 5. The summed E-state index contributed by atoms with van der Waals surface area (Å²) in [6.45, 7) is 2.41. The van der Waals surface area contributed by atoms with Gasteiger partial charge in [-0.2, -0.15) is 0 Å². The molecule has 0 N–H and O–H groups in total. The van der Waals surface area contributed by atoms with E-state index in [9.17, 15) is 9.59 Å². The normalized spacial score (nSPS) is 13.0. The number of nitrogens with zero attached hydrogens (tertiary/aromatic N) is 2. The summed E-state index contributed by atoms with van der Waals surface area (Å²) in [5.41, 5.74) is 3.89. The number of hydrogen-bond donors (Lipinski definition) is 0. The largest absolute Gasteiger partial charge is 0.493 e. The topological polar surface area (TPSA) is 86.8 Å². The van der Waals surface area contributed by atoms with Gasteiger partial charge in [0.2, 0.25) is 5.75 Å². The van der Waals surface area contributed by atoms with Gasteiger partial charge in [0.25, 0.3) is 0 Å². The Bertz CT molecular complexity index is 1230. The molecule has 3 aromatic carbocycles. The number of hydrogen-bond acceptors (Lipinski definition) is 7. The van der Waals surface area contributed by atoms with Gasteiger partial charge in [-0.1, -0.05) is 24.3 Å². The number of benzene rings is 3. The molecular weight excluding hydrogens is 488 g/mol. The van der Waals surface area contributed by atoms with E-state index in [-0.39, 0.29) is 6.03 Å². The van der Waals surface area contributed by atoms with Crippen LogP contribution in [0.4, 0.5) is 10.5 Å². The van der Waals surface area contributed by atoms with E-state index in [1.807, 2.05) is 48.5 Å². The van der Waals surface area contributed by atoms with Crippen molar-refractivity contribution in [1.82, 2.24) is 4.90 Å². The van der Waals surface area contributed by atoms with Crippen LogP contribution in [0.1, 0.15) is 15.9 Å². The molecule has 38 heavy (non-hydrogen) atoms. The average Bonchev–Trinajstić information content (AvgIpc) is 2.99. The molecule has 1 fully saturated rings. The van der Waals surface area contributed by atoms with Crippen LogP contribution in [-0.4, -0.2) is 71.6 Å². The van der Waals surface area contributed by atoms with Crippen LogP contribution in [-0.2, 0) is 16.0 Å². The first-order chi connectivity index (χ1) is 18.5. The van der Waals surface area contributed by atoms with Crippen LogP contribution < -0.4 is 19.1 Å². The maximum atomic E-state index is 13.6. The summed E-state index contributed by atoms with van der Waals surface area (Å²) < 4.78 is 26.6. The number of morpholine rings is 1. The zero-order valence-corrected chi connectivity index (χ0v) is 22.1. The third-order valence-electron chi connectivity index (χ3n) is 6.41. The van der Waals surface area contributed by atoms with Gasteiger partial charge in [0, 0.05) is 18.8 Å². The molecule has 0 saturated carbocycles. The summed E-state index contributed by atoms with van der Waals surface area (Å²) in [7, 11) is 6.08. The van der Waals surface area contributed by atoms with Gasteiger partial charge in [-0.15, -0.1) is 0 Å². The molecule has 0 bridgehead atoms. The number of amides is 2. The fourth-order valence-corrected chi connectivity index (χ4v) is 4.32. The molecule has 0 unspecified atom stereocenters. The zero-order chi connectivity index (χ0) is 27.1. The lowest BCUT2D eigenvalue weighted by atomic mass is 10.0. The Labute approximate surface area is 222 Å². The van der Waals surface area contributed by atoms with Gasteiger partial charge >= 0.3 is 12.0 Å². The van der Waals surface area contributed by atoms with Gasteiger partial charge in [0.05, 0.1) is 53.8 Å². The highest BCUT2D eigenvalue weighted by atomic mass is 16.5. The predicted octanol–water partition coefficient (Wildman–Crippen LogP) is 4.62. The van der Waals surface area contributed by atoms with Crippen molar-refractivity contribution in [2.45, 2.75) is 6.54 Å². The molecule has 4 rings (SSSR count). The molecular formula is C29H32N2O7. The van der Waals surface area contributed by atoms with Crippen molar-refractivity contribution in [1.29, 1.82) is 0 Å². The van der Waals surface area contributed by atoms with Crippen molar-refractivity contribution in [3.63, 3.8) is 0 Å². The maximum Gasteiger partial charge on any atom is 0.337 e. The van der Waals surface area contributed by atoms with Crippen molar-refractivity contribution in [2.75, 3.05) is 59.6 Å². The fourth-order valence-electron chi connectivity index (χ4n) is 4.32. The molecule has 0 atom stereocenters. The summed E-state index contributed by atoms with van der Waals surface area (Å²) in [6, 6.07) is 18.5. The predicted molar refractivity (Wildman–Crippen MR) is 143 cm³/mol. The molecule has 0 aliphatic carbocycles. The summed E-state index contributed by atoms with van der Waals surface area (Å²) in [6.07, 6.45) is 0. The molecule has 9 nitrogen and oxygen atoms in total. The van der Waals surface area contributed by atoms with Crippen molar-refractivity contribution in [3.8, 4) is 28.4 Å². The first kappa shape index (κ1) is 26.8. The molecule has 1 aliphatic heterocycles. The van der Waals surface area contributed by atoms with E-state index in [2.05, 4.69) is 0 Å². The van der Waals surface area contributed by atoms with Gasteiger partial charge in [-0.25, -0.2) is 9.59 Å². The van der Waals surface area contributed by atoms with E-state index in [4.69, 9.17) is 23.7 Å². The summed E-state index contributed by atoms with van der Waals surface area (Å²) in [4.78, 5) is 28.9. The Morgan fingerprint density at radius 1 is 0.816 bits per heavy atom. The summed E-state index contributed by atoms with van der Waals surface area (Å²) in [5.74, 6) is 1.24. The lowest BCUT2D eigenvalue weighted by molar-refractivity contribution is 0.0548. The van der Waals surface area contributed by atoms with Gasteiger partial charge in [-0.3, -0.25) is 4.90 Å². The second-order valence-electron chi connectivity index (χ2n) is 8.62. The van der Waals surface area contributed by atoms with Gasteiger partial charge in [-0.05, 0) is 53.1 Å². The SMILES string of the molecule is COC(=O)c1ccc(CN(C(=O)N2CCOCC2)c2ccc(-c3cc(OC)c(OC)c(OC)c3)cc2)cc1. The Balaban J connectivity index is 1.64. The van der Waals surface area contributed by atoms with Crippen molar-refractivity contribution in [3.05, 3.63) is 71.8 Å². The number of methoxy groups -OCH3 is 4. The number of anilines is 1. The molecule has 3 aromatic rings. The van der Waals surface area contributed by atoms with Gasteiger partial charge in [0.15, 0.2) is 11.5 Å². The zero-order valence-electron chi connectivity index (χ0n) is 22.1. The van der Waals surface area contributed by atoms with E-state index in [0.29, 0.717) is 55.7 Å². The first-order valence-corrected chi connectivity index (χ1v) is 12.2. The molecule has 2 amide bonds. The lowest BCUT2D eigenvalue weighted by Gasteiger charge is -2.33. The van der Waals surface area contributed by atoms with E-state index >= 15 is 0 Å². The van der Waals surface area contributed by atoms with Crippen LogP contribution >= 0.6 is 0 Å². The van der Waals surface area contributed by atoms with E-state index in [1.54, 1.807) is 43.3 Å². The molecule has 0 spiro atoms. The molecule has 1 heterocycles. The second kappa shape index (κ2) is 12.3. The maximum absolute atomic E-state index is 13.6. The van der Waals surface area contributed by atoms with Gasteiger partial charge < -0.3 is 28.6 Å². The van der Waals surface area contributed by atoms with Crippen LogP contribution in [0.15, 0.2) is 60.7 Å². The molecule has 1 saturated heterocycles. The number of esters is 1. The molecule has 9 heteroatoms. The Morgan fingerprint density at radius 2 is 1.42 bits per heavy atom. The highest BCUT2D eigenvalue weighted by Crippen LogP contribution is 2.41. The highest BCUT2D eigenvalue weighted by Gasteiger charge is 2.25. The van der Waals surface area contributed by atoms with E-state index in [0.717, 1.165) is 22.4 Å². The third-order valence-corrected chi connectivity index (χ3v) is 6.41. The minimum Gasteiger partial charge on any atom is -0.493 e. The van der Waals surface area contributed by atoms with E-state index in [1.165, 1.54) is 7.11 Å². The average molecular weight is 521 g/mol. The molecule has 0 radical (unpaired) electrons. The van der Waals surface area contributed by atoms with E-state index < -0.39 is 5.97 Å². The summed E-state index contributed by atoms with van der Waals surface area (Å²) >= 11 is 0. The minimum absolute atomic E-state index is 0.106. The van der Waals surface area contributed by atoms with Gasteiger partial charge in [0.1, 0.15) is 0 Å². The van der Waals surface area contributed by atoms with Crippen molar-refractivity contribution < 1.29 is 33.3 Å². The smallest absolute Gasteiger partial charge is 0.337 e. The number of carbonyl (C=O) groups is 2. The molecule has 0 aromatic heterocycles.